The molecule has 20 heavy (non-hydrogen) atoms. The van der Waals surface area contributed by atoms with Crippen molar-refractivity contribution >= 4 is 17.3 Å². The first-order valence-corrected chi connectivity index (χ1v) is 6.67. The fourth-order valence-electron chi connectivity index (χ4n) is 2.48. The van der Waals surface area contributed by atoms with Crippen LogP contribution in [-0.4, -0.2) is 16.9 Å². The van der Waals surface area contributed by atoms with E-state index in [-0.39, 0.29) is 17.3 Å². The van der Waals surface area contributed by atoms with E-state index in [1.165, 1.54) is 24.6 Å². The van der Waals surface area contributed by atoms with Crippen molar-refractivity contribution in [3.63, 3.8) is 0 Å². The molecule has 1 fully saturated rings. The summed E-state index contributed by atoms with van der Waals surface area (Å²) in [5.74, 6) is 4.86. The predicted molar refractivity (Wildman–Crippen MR) is 75.2 cm³/mol. The van der Waals surface area contributed by atoms with E-state index in [0.29, 0.717) is 5.69 Å². The summed E-state index contributed by atoms with van der Waals surface area (Å²) >= 11 is 0. The smallest absolute Gasteiger partial charge is 0.282 e. The van der Waals surface area contributed by atoms with Crippen molar-refractivity contribution in [3.05, 3.63) is 33.9 Å². The van der Waals surface area contributed by atoms with E-state index in [9.17, 15) is 14.9 Å². The number of nitrogen functional groups attached to an aromatic ring is 1. The molecule has 1 aliphatic rings. The lowest BCUT2D eigenvalue weighted by Crippen LogP contribution is -2.36. The molecule has 0 spiro atoms. The van der Waals surface area contributed by atoms with Gasteiger partial charge in [0.15, 0.2) is 0 Å². The Labute approximate surface area is 116 Å². The van der Waals surface area contributed by atoms with Crippen molar-refractivity contribution in [1.82, 2.24) is 5.32 Å². The Morgan fingerprint density at radius 2 is 2.00 bits per heavy atom. The number of hydrogen-bond donors (Lipinski definition) is 3. The van der Waals surface area contributed by atoms with E-state index < -0.39 is 10.8 Å². The van der Waals surface area contributed by atoms with Crippen LogP contribution in [-0.2, 0) is 0 Å². The molecule has 1 amide bonds. The van der Waals surface area contributed by atoms with Gasteiger partial charge in [0, 0.05) is 17.8 Å². The molecular weight excluding hydrogens is 260 g/mol. The van der Waals surface area contributed by atoms with E-state index in [4.69, 9.17) is 5.84 Å². The standard InChI is InChI=1S/C13H18N4O3/c14-16-10-6-7-12(17(19)20)11(8-10)13(18)15-9-4-2-1-3-5-9/h6-9,16H,1-5,14H2,(H,15,18). The second kappa shape index (κ2) is 6.33. The molecule has 0 aromatic heterocycles. The van der Waals surface area contributed by atoms with Crippen molar-refractivity contribution in [2.24, 2.45) is 5.84 Å². The Balaban J connectivity index is 2.20. The monoisotopic (exact) mass is 278 g/mol. The average Bonchev–Trinajstić information content (AvgIpc) is 2.47. The van der Waals surface area contributed by atoms with Crippen molar-refractivity contribution in [3.8, 4) is 0 Å². The lowest BCUT2D eigenvalue weighted by molar-refractivity contribution is -0.385. The summed E-state index contributed by atoms with van der Waals surface area (Å²) in [5, 5.41) is 13.9. The van der Waals surface area contributed by atoms with Crippen LogP contribution < -0.4 is 16.6 Å². The van der Waals surface area contributed by atoms with Crippen LogP contribution in [0.4, 0.5) is 11.4 Å². The van der Waals surface area contributed by atoms with Crippen LogP contribution in [0.5, 0.6) is 0 Å². The number of nitrogens with zero attached hydrogens (tertiary/aromatic N) is 1. The van der Waals surface area contributed by atoms with Crippen LogP contribution in [0.1, 0.15) is 42.5 Å². The van der Waals surface area contributed by atoms with Gasteiger partial charge in [0.05, 0.1) is 4.92 Å². The zero-order chi connectivity index (χ0) is 14.5. The summed E-state index contributed by atoms with van der Waals surface area (Å²) in [7, 11) is 0. The lowest BCUT2D eigenvalue weighted by atomic mass is 9.95. The van der Waals surface area contributed by atoms with Crippen molar-refractivity contribution in [1.29, 1.82) is 0 Å². The number of nitrogens with one attached hydrogen (secondary N) is 2. The van der Waals surface area contributed by atoms with Gasteiger partial charge in [0.1, 0.15) is 5.56 Å². The second-order valence-electron chi connectivity index (χ2n) is 4.94. The Kier molecular flexibility index (Phi) is 4.52. The summed E-state index contributed by atoms with van der Waals surface area (Å²) in [6, 6.07) is 4.25. The molecule has 1 aliphatic carbocycles. The van der Waals surface area contributed by atoms with Gasteiger partial charge in [-0.15, -0.1) is 0 Å². The molecule has 2 rings (SSSR count). The minimum absolute atomic E-state index is 0.0380. The first kappa shape index (κ1) is 14.3. The SMILES string of the molecule is NNc1ccc([N+](=O)[O-])c(C(=O)NC2CCCCC2)c1. The minimum Gasteiger partial charge on any atom is -0.349 e. The van der Waals surface area contributed by atoms with E-state index in [0.717, 1.165) is 25.7 Å². The molecule has 0 saturated heterocycles. The molecule has 4 N–H and O–H groups in total. The first-order valence-electron chi connectivity index (χ1n) is 6.67. The number of amides is 1. The van der Waals surface area contributed by atoms with Crippen LogP contribution in [0.25, 0.3) is 0 Å². The van der Waals surface area contributed by atoms with E-state index >= 15 is 0 Å². The molecule has 1 aromatic rings. The number of nitro benzene ring substituents is 1. The molecule has 0 radical (unpaired) electrons. The highest BCUT2D eigenvalue weighted by Crippen LogP contribution is 2.23. The highest BCUT2D eigenvalue weighted by atomic mass is 16.6. The molecule has 0 bridgehead atoms. The number of carbonyl (C=O) groups excluding carboxylic acids is 1. The topological polar surface area (TPSA) is 110 Å². The summed E-state index contributed by atoms with van der Waals surface area (Å²) in [5.41, 5.74) is 2.68. The van der Waals surface area contributed by atoms with Gasteiger partial charge in [-0.3, -0.25) is 20.8 Å². The van der Waals surface area contributed by atoms with E-state index in [1.54, 1.807) is 0 Å². The highest BCUT2D eigenvalue weighted by Gasteiger charge is 2.23. The van der Waals surface area contributed by atoms with Gasteiger partial charge in [-0.2, -0.15) is 0 Å². The van der Waals surface area contributed by atoms with Crippen LogP contribution in [0.3, 0.4) is 0 Å². The van der Waals surface area contributed by atoms with Gasteiger partial charge in [0.2, 0.25) is 0 Å². The molecular formula is C13H18N4O3. The normalized spacial score (nSPS) is 15.7. The molecule has 7 heteroatoms. The number of hydrazine groups is 1. The number of nitrogens with two attached hydrogens (primary N) is 1. The number of nitro groups is 1. The number of hydrogen-bond acceptors (Lipinski definition) is 5. The van der Waals surface area contributed by atoms with Gasteiger partial charge in [-0.1, -0.05) is 19.3 Å². The van der Waals surface area contributed by atoms with Gasteiger partial charge < -0.3 is 10.7 Å². The van der Waals surface area contributed by atoms with E-state index in [1.807, 2.05) is 0 Å². The van der Waals surface area contributed by atoms with Crippen molar-refractivity contribution in [2.75, 3.05) is 5.43 Å². The fraction of sp³-hybridized carbons (Fsp3) is 0.462. The molecule has 0 aliphatic heterocycles. The van der Waals surface area contributed by atoms with Crippen LogP contribution in [0, 0.1) is 10.1 Å². The molecule has 0 unspecified atom stereocenters. The maximum atomic E-state index is 12.2. The minimum atomic E-state index is -0.559. The van der Waals surface area contributed by atoms with Crippen LogP contribution in [0.2, 0.25) is 0 Å². The Bertz CT molecular complexity index is 512. The predicted octanol–water partition coefficient (Wildman–Crippen LogP) is 1.94. The fourth-order valence-corrected chi connectivity index (χ4v) is 2.48. The Morgan fingerprint density at radius 1 is 1.30 bits per heavy atom. The first-order chi connectivity index (χ1) is 9.61. The maximum Gasteiger partial charge on any atom is 0.282 e. The molecule has 0 atom stereocenters. The third-order valence-electron chi connectivity index (χ3n) is 3.54. The van der Waals surface area contributed by atoms with Crippen molar-refractivity contribution < 1.29 is 9.72 Å². The summed E-state index contributed by atoms with van der Waals surface area (Å²) in [6.07, 6.45) is 5.19. The largest absolute Gasteiger partial charge is 0.349 e. The van der Waals surface area contributed by atoms with Crippen molar-refractivity contribution in [2.45, 2.75) is 38.1 Å². The molecule has 1 saturated carbocycles. The van der Waals surface area contributed by atoms with Crippen LogP contribution in [0.15, 0.2) is 18.2 Å². The third-order valence-corrected chi connectivity index (χ3v) is 3.54. The van der Waals surface area contributed by atoms with Gasteiger partial charge in [0.25, 0.3) is 11.6 Å². The molecule has 0 heterocycles. The molecule has 1 aromatic carbocycles. The van der Waals surface area contributed by atoms with Crippen LogP contribution >= 0.6 is 0 Å². The molecule has 7 nitrogen and oxygen atoms in total. The zero-order valence-electron chi connectivity index (χ0n) is 11.1. The van der Waals surface area contributed by atoms with E-state index in [2.05, 4.69) is 10.7 Å². The maximum absolute atomic E-state index is 12.2. The Hall–Kier alpha value is -2.15. The quantitative estimate of drug-likeness (QED) is 0.443. The second-order valence-corrected chi connectivity index (χ2v) is 4.94. The zero-order valence-corrected chi connectivity index (χ0v) is 11.1. The molecule has 108 valence electrons. The highest BCUT2D eigenvalue weighted by molar-refractivity contribution is 5.99. The lowest BCUT2D eigenvalue weighted by Gasteiger charge is -2.22. The number of benzene rings is 1. The summed E-state index contributed by atoms with van der Waals surface area (Å²) in [4.78, 5) is 22.7. The number of rotatable bonds is 4. The summed E-state index contributed by atoms with van der Waals surface area (Å²) in [6.45, 7) is 0. The number of anilines is 1. The number of carbonyl (C=O) groups is 1. The Morgan fingerprint density at radius 3 is 2.60 bits per heavy atom. The third kappa shape index (κ3) is 3.24. The summed E-state index contributed by atoms with van der Waals surface area (Å²) < 4.78 is 0. The van der Waals surface area contributed by atoms with Gasteiger partial charge >= 0.3 is 0 Å². The van der Waals surface area contributed by atoms with Gasteiger partial charge in [-0.05, 0) is 25.0 Å². The van der Waals surface area contributed by atoms with Gasteiger partial charge in [-0.25, -0.2) is 0 Å². The average molecular weight is 278 g/mol.